The van der Waals surface area contributed by atoms with Gasteiger partial charge >= 0.3 is 0 Å². The Morgan fingerprint density at radius 2 is 1.72 bits per heavy atom. The molecule has 0 unspecified atom stereocenters. The van der Waals surface area contributed by atoms with Gasteiger partial charge in [-0.25, -0.2) is 0 Å². The summed E-state index contributed by atoms with van der Waals surface area (Å²) in [7, 11) is 0. The molecule has 0 amide bonds. The molecule has 96 valence electrons. The van der Waals surface area contributed by atoms with Gasteiger partial charge in [-0.05, 0) is 44.0 Å². The Morgan fingerprint density at radius 3 is 2.28 bits per heavy atom. The molecule has 2 rings (SSSR count). The summed E-state index contributed by atoms with van der Waals surface area (Å²) < 4.78 is 0. The van der Waals surface area contributed by atoms with Crippen LogP contribution in [0.1, 0.15) is 22.4 Å². The topological polar surface area (TPSA) is 25.2 Å². The minimum absolute atomic E-state index is 0. The van der Waals surface area contributed by atoms with Crippen molar-refractivity contribution in [2.75, 3.05) is 0 Å². The maximum atomic E-state index is 4.53. The van der Waals surface area contributed by atoms with Crippen LogP contribution in [-0.4, -0.2) is 11.2 Å². The summed E-state index contributed by atoms with van der Waals surface area (Å²) in [4.78, 5) is 8.75. The van der Waals surface area contributed by atoms with E-state index in [1.165, 1.54) is 16.7 Å². The van der Waals surface area contributed by atoms with Gasteiger partial charge < -0.3 is 0 Å². The Balaban J connectivity index is 0.00000162. The Labute approximate surface area is 118 Å². The molecule has 0 N–H and O–H groups in total. The van der Waals surface area contributed by atoms with Crippen LogP contribution < -0.4 is 0 Å². The second kappa shape index (κ2) is 6.46. The minimum Gasteiger partial charge on any atom is -0.255 e. The Kier molecular flexibility index (Phi) is 5.24. The van der Waals surface area contributed by atoms with Crippen LogP contribution in [0, 0.1) is 20.8 Å². The van der Waals surface area contributed by atoms with E-state index in [1.807, 2.05) is 24.4 Å². The van der Waals surface area contributed by atoms with Crippen LogP contribution in [0.25, 0.3) is 0 Å². The number of hydrogen-bond donors (Lipinski definition) is 0. The molecule has 1 aromatic carbocycles. The molecule has 0 saturated heterocycles. The van der Waals surface area contributed by atoms with Crippen LogP contribution in [0.3, 0.4) is 0 Å². The van der Waals surface area contributed by atoms with E-state index in [0.29, 0.717) is 0 Å². The smallest absolute Gasteiger partial charge is 0.0812 e. The first-order chi connectivity index (χ1) is 8.16. The molecule has 3 heteroatoms. The second-order valence-electron chi connectivity index (χ2n) is 4.26. The molecule has 2 aromatic rings. The average Bonchev–Trinajstić information content (AvgIpc) is 2.29. The predicted octanol–water partition coefficient (Wildman–Crippen LogP) is 3.75. The molecule has 0 bridgehead atoms. The Bertz CT molecular complexity index is 525. The van der Waals surface area contributed by atoms with Crippen LogP contribution in [-0.2, 0) is 16.5 Å². The molecule has 1 heterocycles. The van der Waals surface area contributed by atoms with E-state index in [1.54, 1.807) is 6.20 Å². The number of rotatable bonds is 2. The molecule has 0 saturated carbocycles. The van der Waals surface area contributed by atoms with Gasteiger partial charge in [0.15, 0.2) is 0 Å². The number of aryl methyl sites for hydroxylation is 3. The number of aliphatic imine (C=N–C) groups is 1. The average molecular weight is 283 g/mol. The van der Waals surface area contributed by atoms with Crippen LogP contribution in [0.2, 0.25) is 0 Å². The quantitative estimate of drug-likeness (QED) is 0.608. The van der Waals surface area contributed by atoms with E-state index >= 15 is 0 Å². The van der Waals surface area contributed by atoms with Gasteiger partial charge in [-0.15, -0.1) is 0 Å². The maximum absolute atomic E-state index is 4.53. The number of nitrogens with zero attached hydrogens (tertiary/aromatic N) is 2. The fourth-order valence-corrected chi connectivity index (χ4v) is 1.96. The fraction of sp³-hybridized carbons (Fsp3) is 0.200. The molecule has 0 spiro atoms. The molecule has 0 atom stereocenters. The van der Waals surface area contributed by atoms with Crippen molar-refractivity contribution in [2.45, 2.75) is 20.8 Å². The molecular formula is C15H16N2Ni. The molecule has 0 fully saturated rings. The summed E-state index contributed by atoms with van der Waals surface area (Å²) in [6, 6.07) is 10.1. The fourth-order valence-electron chi connectivity index (χ4n) is 1.96. The van der Waals surface area contributed by atoms with E-state index < -0.39 is 0 Å². The normalized spacial score (nSPS) is 10.4. The Hall–Kier alpha value is -1.47. The second-order valence-corrected chi connectivity index (χ2v) is 4.26. The van der Waals surface area contributed by atoms with E-state index in [9.17, 15) is 0 Å². The number of pyridine rings is 1. The van der Waals surface area contributed by atoms with Crippen LogP contribution >= 0.6 is 0 Å². The van der Waals surface area contributed by atoms with Gasteiger partial charge in [0.2, 0.25) is 0 Å². The summed E-state index contributed by atoms with van der Waals surface area (Å²) >= 11 is 0. The van der Waals surface area contributed by atoms with E-state index in [0.717, 1.165) is 11.4 Å². The van der Waals surface area contributed by atoms with Crippen molar-refractivity contribution in [2.24, 2.45) is 4.99 Å². The molecule has 18 heavy (non-hydrogen) atoms. The zero-order chi connectivity index (χ0) is 12.3. The van der Waals surface area contributed by atoms with Gasteiger partial charge in [-0.2, -0.15) is 0 Å². The SMILES string of the molecule is Cc1cc(C)c(N=Cc2ccccn2)c(C)c1.[Ni]. The molecule has 0 aliphatic carbocycles. The first kappa shape index (κ1) is 14.6. The van der Waals surface area contributed by atoms with Crippen molar-refractivity contribution in [3.05, 3.63) is 58.9 Å². The van der Waals surface area contributed by atoms with Crippen LogP contribution in [0.4, 0.5) is 5.69 Å². The molecule has 2 nitrogen and oxygen atoms in total. The summed E-state index contributed by atoms with van der Waals surface area (Å²) in [5.74, 6) is 0. The minimum atomic E-state index is 0. The van der Waals surface area contributed by atoms with E-state index in [-0.39, 0.29) is 16.5 Å². The largest absolute Gasteiger partial charge is 0.255 e. The molecule has 1 aromatic heterocycles. The van der Waals surface area contributed by atoms with Gasteiger partial charge in [0, 0.05) is 22.7 Å². The monoisotopic (exact) mass is 282 g/mol. The third kappa shape index (κ3) is 3.51. The van der Waals surface area contributed by atoms with Crippen molar-refractivity contribution < 1.29 is 16.5 Å². The van der Waals surface area contributed by atoms with Crippen molar-refractivity contribution in [1.29, 1.82) is 0 Å². The number of benzene rings is 1. The summed E-state index contributed by atoms with van der Waals surface area (Å²) in [5, 5.41) is 0. The number of hydrogen-bond acceptors (Lipinski definition) is 2. The molecule has 0 radical (unpaired) electrons. The predicted molar refractivity (Wildman–Crippen MR) is 72.1 cm³/mol. The van der Waals surface area contributed by atoms with Gasteiger partial charge in [0.25, 0.3) is 0 Å². The third-order valence-corrected chi connectivity index (χ3v) is 2.65. The maximum Gasteiger partial charge on any atom is 0.0812 e. The summed E-state index contributed by atoms with van der Waals surface area (Å²) in [5.41, 5.74) is 5.61. The van der Waals surface area contributed by atoms with Gasteiger partial charge in [0.05, 0.1) is 17.6 Å². The molecular weight excluding hydrogens is 267 g/mol. The van der Waals surface area contributed by atoms with Crippen molar-refractivity contribution in [1.82, 2.24) is 4.98 Å². The van der Waals surface area contributed by atoms with Crippen molar-refractivity contribution in [3.8, 4) is 0 Å². The Morgan fingerprint density at radius 1 is 1.06 bits per heavy atom. The standard InChI is InChI=1S/C15H16N2.Ni/c1-11-8-12(2)15(13(3)9-11)17-10-14-6-4-5-7-16-14;/h4-10H,1-3H3;. The van der Waals surface area contributed by atoms with Gasteiger partial charge in [0.1, 0.15) is 0 Å². The summed E-state index contributed by atoms with van der Waals surface area (Å²) in [6.45, 7) is 6.28. The number of aromatic nitrogens is 1. The van der Waals surface area contributed by atoms with Crippen molar-refractivity contribution >= 4 is 11.9 Å². The first-order valence-corrected chi connectivity index (χ1v) is 5.70. The van der Waals surface area contributed by atoms with E-state index in [2.05, 4.69) is 42.9 Å². The van der Waals surface area contributed by atoms with Crippen molar-refractivity contribution in [3.63, 3.8) is 0 Å². The third-order valence-electron chi connectivity index (χ3n) is 2.65. The van der Waals surface area contributed by atoms with Crippen LogP contribution in [0.5, 0.6) is 0 Å². The van der Waals surface area contributed by atoms with Crippen LogP contribution in [0.15, 0.2) is 41.5 Å². The van der Waals surface area contributed by atoms with E-state index in [4.69, 9.17) is 0 Å². The zero-order valence-electron chi connectivity index (χ0n) is 10.8. The van der Waals surface area contributed by atoms with Gasteiger partial charge in [-0.3, -0.25) is 9.98 Å². The summed E-state index contributed by atoms with van der Waals surface area (Å²) in [6.07, 6.45) is 3.58. The molecule has 0 aliphatic rings. The first-order valence-electron chi connectivity index (χ1n) is 5.70. The molecule has 0 aliphatic heterocycles. The zero-order valence-corrected chi connectivity index (χ0v) is 11.7. The van der Waals surface area contributed by atoms with Gasteiger partial charge in [-0.1, -0.05) is 23.8 Å².